The summed E-state index contributed by atoms with van der Waals surface area (Å²) in [5.41, 5.74) is 0.131. The summed E-state index contributed by atoms with van der Waals surface area (Å²) in [6.45, 7) is 3.80. The van der Waals surface area contributed by atoms with E-state index in [0.29, 0.717) is 11.1 Å². The number of hydrogen-bond donors (Lipinski definition) is 0. The van der Waals surface area contributed by atoms with Crippen LogP contribution in [0.3, 0.4) is 0 Å². The second-order valence-corrected chi connectivity index (χ2v) is 4.60. The van der Waals surface area contributed by atoms with Crippen LogP contribution in [0.25, 0.3) is 10.9 Å². The molecule has 1 aromatic heterocycles. The Bertz CT molecular complexity index is 594. The summed E-state index contributed by atoms with van der Waals surface area (Å²) in [5.74, 6) is 0.0599. The molecule has 2 nitrogen and oxygen atoms in total. The van der Waals surface area contributed by atoms with E-state index in [9.17, 15) is 13.2 Å². The highest BCUT2D eigenvalue weighted by molar-refractivity contribution is 6.28. The molecule has 0 radical (unpaired) electrons. The van der Waals surface area contributed by atoms with Crippen LogP contribution >= 0.6 is 11.6 Å². The lowest BCUT2D eigenvalue weighted by atomic mass is 10.0. The third-order valence-electron chi connectivity index (χ3n) is 2.57. The molecule has 0 saturated carbocycles. The second-order valence-electron chi connectivity index (χ2n) is 4.26. The van der Waals surface area contributed by atoms with Crippen molar-refractivity contribution < 1.29 is 13.2 Å². The highest BCUT2D eigenvalue weighted by atomic mass is 35.5. The zero-order chi connectivity index (χ0) is 13.5. The fraction of sp³-hybridized carbons (Fsp3) is 0.333. The van der Waals surface area contributed by atoms with E-state index < -0.39 is 11.7 Å². The SMILES string of the molecule is CC(C)c1nc(Cl)nc2cc(C(F)(F)F)ccc12. The van der Waals surface area contributed by atoms with Gasteiger partial charge in [0, 0.05) is 5.39 Å². The molecule has 0 amide bonds. The van der Waals surface area contributed by atoms with Crippen molar-refractivity contribution >= 4 is 22.5 Å². The zero-order valence-electron chi connectivity index (χ0n) is 9.72. The first kappa shape index (κ1) is 13.1. The minimum absolute atomic E-state index is 0.0366. The molecule has 0 fully saturated rings. The van der Waals surface area contributed by atoms with Gasteiger partial charge in [0.2, 0.25) is 5.28 Å². The van der Waals surface area contributed by atoms with Gasteiger partial charge < -0.3 is 0 Å². The van der Waals surface area contributed by atoms with Gasteiger partial charge in [-0.1, -0.05) is 19.9 Å². The Morgan fingerprint density at radius 2 is 1.83 bits per heavy atom. The molecule has 0 atom stereocenters. The van der Waals surface area contributed by atoms with Crippen LogP contribution < -0.4 is 0 Å². The van der Waals surface area contributed by atoms with Crippen molar-refractivity contribution in [2.75, 3.05) is 0 Å². The molecule has 0 aliphatic rings. The predicted molar refractivity (Wildman–Crippen MR) is 63.6 cm³/mol. The van der Waals surface area contributed by atoms with Crippen molar-refractivity contribution in [1.82, 2.24) is 9.97 Å². The van der Waals surface area contributed by atoms with Crippen LogP contribution in [0.4, 0.5) is 13.2 Å². The van der Waals surface area contributed by atoms with Gasteiger partial charge in [-0.05, 0) is 29.7 Å². The molecule has 0 bridgehead atoms. The van der Waals surface area contributed by atoms with Crippen molar-refractivity contribution in [3.63, 3.8) is 0 Å². The molecule has 0 N–H and O–H groups in total. The van der Waals surface area contributed by atoms with Crippen LogP contribution in [0.1, 0.15) is 31.0 Å². The van der Waals surface area contributed by atoms with Crippen molar-refractivity contribution in [2.24, 2.45) is 0 Å². The number of aromatic nitrogens is 2. The number of halogens is 4. The maximum Gasteiger partial charge on any atom is 0.416 e. The molecule has 0 saturated heterocycles. The van der Waals surface area contributed by atoms with E-state index in [4.69, 9.17) is 11.6 Å². The van der Waals surface area contributed by atoms with Gasteiger partial charge in [0.1, 0.15) is 0 Å². The van der Waals surface area contributed by atoms with Gasteiger partial charge in [0.25, 0.3) is 0 Å². The monoisotopic (exact) mass is 274 g/mol. The van der Waals surface area contributed by atoms with Crippen LogP contribution in [0, 0.1) is 0 Å². The topological polar surface area (TPSA) is 25.8 Å². The lowest BCUT2D eigenvalue weighted by molar-refractivity contribution is -0.137. The molecule has 18 heavy (non-hydrogen) atoms. The molecule has 1 heterocycles. The normalized spacial score (nSPS) is 12.4. The third-order valence-corrected chi connectivity index (χ3v) is 2.74. The van der Waals surface area contributed by atoms with Crippen LogP contribution in [0.15, 0.2) is 18.2 Å². The minimum Gasteiger partial charge on any atom is -0.222 e. The lowest BCUT2D eigenvalue weighted by Gasteiger charge is -2.11. The Morgan fingerprint density at radius 1 is 1.17 bits per heavy atom. The maximum absolute atomic E-state index is 12.6. The van der Waals surface area contributed by atoms with Gasteiger partial charge in [-0.3, -0.25) is 0 Å². The highest BCUT2D eigenvalue weighted by Crippen LogP contribution is 2.32. The van der Waals surface area contributed by atoms with Crippen molar-refractivity contribution in [2.45, 2.75) is 25.9 Å². The fourth-order valence-electron chi connectivity index (χ4n) is 1.74. The van der Waals surface area contributed by atoms with E-state index in [-0.39, 0.29) is 16.7 Å². The van der Waals surface area contributed by atoms with E-state index in [1.54, 1.807) is 0 Å². The summed E-state index contributed by atoms with van der Waals surface area (Å²) in [6, 6.07) is 3.42. The Hall–Kier alpha value is -1.36. The largest absolute Gasteiger partial charge is 0.416 e. The third kappa shape index (κ3) is 2.41. The van der Waals surface area contributed by atoms with Crippen molar-refractivity contribution in [1.29, 1.82) is 0 Å². The molecule has 0 aliphatic carbocycles. The van der Waals surface area contributed by atoms with E-state index >= 15 is 0 Å². The molecule has 6 heteroatoms. The van der Waals surface area contributed by atoms with Gasteiger partial charge in [0.05, 0.1) is 16.8 Å². The highest BCUT2D eigenvalue weighted by Gasteiger charge is 2.30. The van der Waals surface area contributed by atoms with E-state index in [1.165, 1.54) is 6.07 Å². The Morgan fingerprint density at radius 3 is 2.39 bits per heavy atom. The predicted octanol–water partition coefficient (Wildman–Crippen LogP) is 4.43. The molecule has 1 aromatic carbocycles. The summed E-state index contributed by atoms with van der Waals surface area (Å²) in [7, 11) is 0. The molecule has 96 valence electrons. The molecule has 0 unspecified atom stereocenters. The van der Waals surface area contributed by atoms with Gasteiger partial charge in [0.15, 0.2) is 0 Å². The number of alkyl halides is 3. The average molecular weight is 275 g/mol. The van der Waals surface area contributed by atoms with E-state index in [1.807, 2.05) is 13.8 Å². The molecule has 0 spiro atoms. The smallest absolute Gasteiger partial charge is 0.222 e. The quantitative estimate of drug-likeness (QED) is 0.719. The lowest BCUT2D eigenvalue weighted by Crippen LogP contribution is -2.05. The summed E-state index contributed by atoms with van der Waals surface area (Å²) in [4.78, 5) is 7.91. The Balaban J connectivity index is 2.72. The zero-order valence-corrected chi connectivity index (χ0v) is 10.5. The van der Waals surface area contributed by atoms with Crippen LogP contribution in [-0.4, -0.2) is 9.97 Å². The summed E-state index contributed by atoms with van der Waals surface area (Å²) in [6.07, 6.45) is -4.39. The number of benzene rings is 1. The molecule has 2 aromatic rings. The van der Waals surface area contributed by atoms with Gasteiger partial charge in [-0.25, -0.2) is 9.97 Å². The van der Waals surface area contributed by atoms with Gasteiger partial charge >= 0.3 is 6.18 Å². The standard InChI is InChI=1S/C12H10ClF3N2/c1-6(2)10-8-4-3-7(12(14,15)16)5-9(8)17-11(13)18-10/h3-6H,1-2H3. The fourth-order valence-corrected chi connectivity index (χ4v) is 1.92. The Kier molecular flexibility index (Phi) is 3.19. The van der Waals surface area contributed by atoms with Crippen LogP contribution in [0.2, 0.25) is 5.28 Å². The molecular formula is C12H10ClF3N2. The first-order chi connectivity index (χ1) is 8.29. The van der Waals surface area contributed by atoms with E-state index in [2.05, 4.69) is 9.97 Å². The average Bonchev–Trinajstić information content (AvgIpc) is 2.25. The Labute approximate surface area is 107 Å². The molecule has 2 rings (SSSR count). The summed E-state index contributed by atoms with van der Waals surface area (Å²) < 4.78 is 37.8. The summed E-state index contributed by atoms with van der Waals surface area (Å²) in [5, 5.41) is 0.563. The number of nitrogens with zero attached hydrogens (tertiary/aromatic N) is 2. The van der Waals surface area contributed by atoms with Gasteiger partial charge in [-0.2, -0.15) is 13.2 Å². The number of rotatable bonds is 1. The van der Waals surface area contributed by atoms with Crippen LogP contribution in [-0.2, 0) is 6.18 Å². The molecular weight excluding hydrogens is 265 g/mol. The maximum atomic E-state index is 12.6. The second kappa shape index (κ2) is 4.39. The first-order valence-electron chi connectivity index (χ1n) is 5.33. The van der Waals surface area contributed by atoms with Crippen molar-refractivity contribution in [3.05, 3.63) is 34.7 Å². The van der Waals surface area contributed by atoms with Crippen molar-refractivity contribution in [3.8, 4) is 0 Å². The number of fused-ring (bicyclic) bond motifs is 1. The van der Waals surface area contributed by atoms with Crippen LogP contribution in [0.5, 0.6) is 0 Å². The number of hydrogen-bond acceptors (Lipinski definition) is 2. The minimum atomic E-state index is -4.39. The summed E-state index contributed by atoms with van der Waals surface area (Å²) >= 11 is 5.73. The van der Waals surface area contributed by atoms with Gasteiger partial charge in [-0.15, -0.1) is 0 Å². The van der Waals surface area contributed by atoms with E-state index in [0.717, 1.165) is 12.1 Å². The first-order valence-corrected chi connectivity index (χ1v) is 5.71. The molecule has 0 aliphatic heterocycles.